The van der Waals surface area contributed by atoms with E-state index in [0.717, 1.165) is 38.5 Å². The number of fused-ring (bicyclic) bond motifs is 7. The first-order chi connectivity index (χ1) is 33.3. The van der Waals surface area contributed by atoms with Crippen molar-refractivity contribution in [2.24, 2.45) is 50.6 Å². The summed E-state index contributed by atoms with van der Waals surface area (Å²) in [5, 5.41) is 102. The Morgan fingerprint density at radius 3 is 2.17 bits per heavy atom. The Labute approximate surface area is 418 Å². The van der Waals surface area contributed by atoms with Crippen LogP contribution >= 0.6 is 0 Å². The molecule has 71 heavy (non-hydrogen) atoms. The highest BCUT2D eigenvalue weighted by Gasteiger charge is 2.70. The van der Waals surface area contributed by atoms with Crippen LogP contribution in [0.5, 0.6) is 0 Å². The molecule has 3 aliphatic heterocycles. The maximum Gasteiger partial charge on any atom is 0.315 e. The van der Waals surface area contributed by atoms with Gasteiger partial charge in [0.25, 0.3) is 0 Å². The van der Waals surface area contributed by atoms with E-state index in [1.807, 2.05) is 0 Å². The zero-order chi connectivity index (χ0) is 51.8. The standard InChI is InChI=1S/C52H86N2O17/c1-26-41(69-43-39(62)36(59)29(56)25-66-43)38(61)40(63)44(67-26)70-42-37(60)35(54-34(58)11-9-8-10-22-53)30(24-55)68-45(42)71-46(64)52-20-18-47(2,3)23-28(52)27-12-13-31-48(4)16-15-33(57)51(7,65)32(48)14-17-50(31,6)49(27,5)19-21-52/h12,26,28-33,35-45,55-57,59-63,65H,8-11,13-25,53H2,1-7H3,(H,54,58)/t26-,28?,29?,30+,31?,32-,33+,35?,36?,37?,38?,39?,40?,41?,42?,43+,44+,45+,48?,49-,50+,51-,52?/m1/s1. The quantitative estimate of drug-likeness (QED) is 0.0701. The summed E-state index contributed by atoms with van der Waals surface area (Å²) in [5.41, 5.74) is 3.87. The summed E-state index contributed by atoms with van der Waals surface area (Å²) in [4.78, 5) is 28.8. The lowest BCUT2D eigenvalue weighted by Gasteiger charge is -2.70. The number of nitrogens with one attached hydrogen (secondary N) is 1. The van der Waals surface area contributed by atoms with Crippen molar-refractivity contribution < 1.29 is 84.0 Å². The highest BCUT2D eigenvalue weighted by Crippen LogP contribution is 2.75. The molecule has 3 saturated heterocycles. The van der Waals surface area contributed by atoms with Gasteiger partial charge in [0.15, 0.2) is 18.7 Å². The van der Waals surface area contributed by atoms with Gasteiger partial charge in [-0.25, -0.2) is 0 Å². The van der Waals surface area contributed by atoms with E-state index in [0.29, 0.717) is 51.5 Å². The summed E-state index contributed by atoms with van der Waals surface area (Å²) >= 11 is 0. The lowest BCUT2D eigenvalue weighted by molar-refractivity contribution is -0.369. The van der Waals surface area contributed by atoms with E-state index in [9.17, 15) is 50.8 Å². The predicted molar refractivity (Wildman–Crippen MR) is 253 cm³/mol. The van der Waals surface area contributed by atoms with Crippen molar-refractivity contribution in [2.45, 2.75) is 236 Å². The number of carbonyl (C=O) groups excluding carboxylic acids is 2. The van der Waals surface area contributed by atoms with Crippen LogP contribution in [0, 0.1) is 44.8 Å². The van der Waals surface area contributed by atoms with E-state index < -0.39 is 122 Å². The van der Waals surface area contributed by atoms with Gasteiger partial charge in [0.1, 0.15) is 48.8 Å². The van der Waals surface area contributed by atoms with Crippen LogP contribution in [0.25, 0.3) is 0 Å². The van der Waals surface area contributed by atoms with Gasteiger partial charge in [0.05, 0.1) is 42.5 Å². The number of esters is 1. The molecule has 19 nitrogen and oxygen atoms in total. The monoisotopic (exact) mass is 1010 g/mol. The van der Waals surface area contributed by atoms with Crippen LogP contribution < -0.4 is 11.1 Å². The SMILES string of the molecule is C[C@H]1O[C@@H](OC2C(O)C(NC(=O)CCCCCN)[C@H](CO)O[C@H]2OC(=O)C23CCC(C)(C)CC2C2=CCC4C5(C)CC[C@H](O)[C@](C)(O)[C@@H]5CC[C@]4(C)[C@]2(C)CC3)C(O)C(O)C1O[C@@H]1OCC(O)C(O)C1O. The minimum absolute atomic E-state index is 0.0583. The van der Waals surface area contributed by atoms with Gasteiger partial charge in [-0.05, 0) is 137 Å². The van der Waals surface area contributed by atoms with Gasteiger partial charge >= 0.3 is 5.97 Å². The number of aliphatic hydroxyl groups is 9. The van der Waals surface area contributed by atoms with Gasteiger partial charge in [0, 0.05) is 6.42 Å². The molecule has 23 atom stereocenters. The first-order valence-corrected chi connectivity index (χ1v) is 26.5. The van der Waals surface area contributed by atoms with Crippen LogP contribution in [-0.2, 0) is 38.0 Å². The number of hydrogen-bond donors (Lipinski definition) is 11. The second-order valence-electron chi connectivity index (χ2n) is 24.6. The molecular weight excluding hydrogens is 925 g/mol. The minimum Gasteiger partial charge on any atom is -0.432 e. The number of unbranched alkanes of at least 4 members (excludes halogenated alkanes) is 2. The fourth-order valence-electron chi connectivity index (χ4n) is 15.4. The normalized spacial score (nSPS) is 50.6. The molecule has 5 aliphatic carbocycles. The summed E-state index contributed by atoms with van der Waals surface area (Å²) in [6, 6.07) is -1.28. The number of carbonyl (C=O) groups is 2. The van der Waals surface area contributed by atoms with Crippen LogP contribution in [0.3, 0.4) is 0 Å². The zero-order valence-electron chi connectivity index (χ0n) is 42.9. The Morgan fingerprint density at radius 1 is 0.775 bits per heavy atom. The molecule has 0 aromatic rings. The third kappa shape index (κ3) is 9.59. The highest BCUT2D eigenvalue weighted by molar-refractivity contribution is 5.79. The summed E-state index contributed by atoms with van der Waals surface area (Å²) in [6.45, 7) is 14.2. The molecule has 8 rings (SSSR count). The highest BCUT2D eigenvalue weighted by atomic mass is 16.8. The number of allylic oxidation sites excluding steroid dienone is 2. The van der Waals surface area contributed by atoms with Crippen molar-refractivity contribution in [1.82, 2.24) is 5.32 Å². The molecule has 8 aliphatic rings. The summed E-state index contributed by atoms with van der Waals surface area (Å²) in [7, 11) is 0. The first-order valence-electron chi connectivity index (χ1n) is 26.5. The third-order valence-electron chi connectivity index (χ3n) is 20.0. The van der Waals surface area contributed by atoms with Gasteiger partial charge in [0.2, 0.25) is 12.2 Å². The summed E-state index contributed by atoms with van der Waals surface area (Å²) in [6.07, 6.45) is -9.78. The average molecular weight is 1010 g/mol. The Balaban J connectivity index is 1.07. The van der Waals surface area contributed by atoms with Gasteiger partial charge in [-0.2, -0.15) is 0 Å². The second-order valence-corrected chi connectivity index (χ2v) is 24.6. The molecule has 3 heterocycles. The maximum atomic E-state index is 15.5. The molecule has 0 aromatic heterocycles. The molecule has 19 heteroatoms. The van der Waals surface area contributed by atoms with Crippen LogP contribution in [0.2, 0.25) is 0 Å². The van der Waals surface area contributed by atoms with Crippen LogP contribution in [0.1, 0.15) is 138 Å². The summed E-state index contributed by atoms with van der Waals surface area (Å²) < 4.78 is 36.4. The number of amides is 1. The first kappa shape index (κ1) is 55.3. The minimum atomic E-state index is -1.88. The van der Waals surface area contributed by atoms with Crippen molar-refractivity contribution in [3.63, 3.8) is 0 Å². The van der Waals surface area contributed by atoms with Crippen LogP contribution in [0.15, 0.2) is 11.6 Å². The maximum absolute atomic E-state index is 15.5. The smallest absolute Gasteiger partial charge is 0.315 e. The Kier molecular flexibility index (Phi) is 16.0. The Hall–Kier alpha value is -1.92. The van der Waals surface area contributed by atoms with Crippen molar-refractivity contribution in [2.75, 3.05) is 19.8 Å². The van der Waals surface area contributed by atoms with Crippen LogP contribution in [0.4, 0.5) is 0 Å². The predicted octanol–water partition coefficient (Wildman–Crippen LogP) is 1.18. The van der Waals surface area contributed by atoms with Crippen molar-refractivity contribution in [3.8, 4) is 0 Å². The van der Waals surface area contributed by atoms with Crippen molar-refractivity contribution in [3.05, 3.63) is 11.6 Å². The van der Waals surface area contributed by atoms with Gasteiger partial charge < -0.3 is 85.4 Å². The molecular formula is C52H86N2O17. The summed E-state index contributed by atoms with van der Waals surface area (Å²) in [5.74, 6) is -1.05. The van der Waals surface area contributed by atoms with Gasteiger partial charge in [-0.15, -0.1) is 0 Å². The fraction of sp³-hybridized carbons (Fsp3) is 0.923. The molecule has 0 radical (unpaired) electrons. The molecule has 0 aromatic carbocycles. The molecule has 13 unspecified atom stereocenters. The Morgan fingerprint density at radius 2 is 1.46 bits per heavy atom. The third-order valence-corrected chi connectivity index (χ3v) is 20.0. The number of hydrogen-bond acceptors (Lipinski definition) is 18. The largest absolute Gasteiger partial charge is 0.432 e. The average Bonchev–Trinajstić information content (AvgIpc) is 3.31. The lowest BCUT2D eigenvalue weighted by atomic mass is 9.34. The van der Waals surface area contributed by atoms with E-state index in [2.05, 4.69) is 46.0 Å². The van der Waals surface area contributed by atoms with Crippen molar-refractivity contribution >= 4 is 11.9 Å². The molecule has 12 N–H and O–H groups in total. The number of ether oxygens (including phenoxy) is 6. The van der Waals surface area contributed by atoms with E-state index >= 15 is 4.79 Å². The van der Waals surface area contributed by atoms with Crippen molar-refractivity contribution in [1.29, 1.82) is 0 Å². The molecule has 0 bridgehead atoms. The number of nitrogens with two attached hydrogens (primary N) is 1. The van der Waals surface area contributed by atoms with Crippen LogP contribution in [-0.4, -0.2) is 175 Å². The zero-order valence-corrected chi connectivity index (χ0v) is 42.9. The number of aliphatic hydroxyl groups excluding tert-OH is 8. The number of rotatable bonds is 13. The molecule has 406 valence electrons. The topological polar surface area (TPSA) is 310 Å². The molecule has 4 saturated carbocycles. The fourth-order valence-corrected chi connectivity index (χ4v) is 15.4. The second kappa shape index (κ2) is 20.6. The lowest BCUT2D eigenvalue weighted by Crippen LogP contribution is -2.68. The van der Waals surface area contributed by atoms with E-state index in [1.165, 1.54) is 12.5 Å². The molecule has 0 spiro atoms. The van der Waals surface area contributed by atoms with Gasteiger partial charge in [-0.1, -0.05) is 52.7 Å². The molecule has 7 fully saturated rings. The van der Waals surface area contributed by atoms with E-state index in [-0.39, 0.29) is 52.4 Å². The molecule has 1 amide bonds. The van der Waals surface area contributed by atoms with Gasteiger partial charge in [-0.3, -0.25) is 9.59 Å². The Bertz CT molecular complexity index is 1940. The van der Waals surface area contributed by atoms with E-state index in [4.69, 9.17) is 34.2 Å². The van der Waals surface area contributed by atoms with E-state index in [1.54, 1.807) is 6.92 Å².